The molecular weight excluding hydrogens is 166 g/mol. The molecule has 1 aliphatic carbocycles. The van der Waals surface area contributed by atoms with Crippen LogP contribution >= 0.6 is 0 Å². The van der Waals surface area contributed by atoms with Crippen LogP contribution in [0.25, 0.3) is 0 Å². The van der Waals surface area contributed by atoms with Gasteiger partial charge in [0.15, 0.2) is 0 Å². The van der Waals surface area contributed by atoms with Gasteiger partial charge < -0.3 is 0 Å². The SMILES string of the molecule is CC(=O)NN=C1CC(C(F)F)C1. The fourth-order valence-electron chi connectivity index (χ4n) is 0.973. The number of nitrogens with one attached hydrogen (secondary N) is 1. The quantitative estimate of drug-likeness (QED) is 0.630. The van der Waals surface area contributed by atoms with Crippen LogP contribution in [0.5, 0.6) is 0 Å². The predicted molar refractivity (Wildman–Crippen MR) is 40.0 cm³/mol. The fourth-order valence-corrected chi connectivity index (χ4v) is 0.973. The molecule has 12 heavy (non-hydrogen) atoms. The van der Waals surface area contributed by atoms with E-state index >= 15 is 0 Å². The summed E-state index contributed by atoms with van der Waals surface area (Å²) in [5, 5.41) is 3.65. The Morgan fingerprint density at radius 1 is 1.67 bits per heavy atom. The standard InChI is InChI=1S/C7H10F2N2O/c1-4(12)10-11-6-2-5(3-6)7(8)9/h5,7H,2-3H2,1H3,(H,10,12). The molecule has 0 saturated heterocycles. The molecule has 0 aromatic carbocycles. The van der Waals surface area contributed by atoms with E-state index in [4.69, 9.17) is 0 Å². The maximum absolute atomic E-state index is 11.9. The van der Waals surface area contributed by atoms with Crippen LogP contribution in [0.4, 0.5) is 8.78 Å². The molecule has 0 aromatic heterocycles. The van der Waals surface area contributed by atoms with E-state index in [0.717, 1.165) is 0 Å². The minimum Gasteiger partial charge on any atom is -0.274 e. The molecule has 0 aliphatic heterocycles. The molecule has 68 valence electrons. The number of amides is 1. The summed E-state index contributed by atoms with van der Waals surface area (Å²) in [5.41, 5.74) is 2.86. The Kier molecular flexibility index (Phi) is 2.73. The highest BCUT2D eigenvalue weighted by atomic mass is 19.3. The third-order valence-corrected chi connectivity index (χ3v) is 1.72. The third-order valence-electron chi connectivity index (χ3n) is 1.72. The van der Waals surface area contributed by atoms with Crippen LogP contribution in [-0.2, 0) is 4.79 Å². The Bertz CT molecular complexity index is 207. The van der Waals surface area contributed by atoms with Crippen molar-refractivity contribution in [1.29, 1.82) is 0 Å². The molecule has 0 bridgehead atoms. The Hall–Kier alpha value is -1.00. The van der Waals surface area contributed by atoms with E-state index in [0.29, 0.717) is 18.6 Å². The minimum atomic E-state index is -2.26. The first kappa shape index (κ1) is 9.09. The Labute approximate surface area is 68.8 Å². The Morgan fingerprint density at radius 3 is 2.67 bits per heavy atom. The monoisotopic (exact) mass is 176 g/mol. The van der Waals surface area contributed by atoms with E-state index in [1.165, 1.54) is 6.92 Å². The van der Waals surface area contributed by atoms with E-state index in [1.54, 1.807) is 0 Å². The van der Waals surface area contributed by atoms with Crippen LogP contribution in [0, 0.1) is 5.92 Å². The maximum Gasteiger partial charge on any atom is 0.242 e. The lowest BCUT2D eigenvalue weighted by Gasteiger charge is -2.26. The average Bonchev–Trinajstić information content (AvgIpc) is 1.82. The zero-order valence-corrected chi connectivity index (χ0v) is 6.68. The number of hydrogen-bond donors (Lipinski definition) is 1. The molecule has 1 rings (SSSR count). The van der Waals surface area contributed by atoms with Gasteiger partial charge in [-0.15, -0.1) is 0 Å². The van der Waals surface area contributed by atoms with Gasteiger partial charge in [0.05, 0.1) is 0 Å². The van der Waals surface area contributed by atoms with Gasteiger partial charge in [0.1, 0.15) is 0 Å². The lowest BCUT2D eigenvalue weighted by molar-refractivity contribution is -0.118. The summed E-state index contributed by atoms with van der Waals surface area (Å²) in [6.45, 7) is 1.33. The van der Waals surface area contributed by atoms with Crippen molar-refractivity contribution in [1.82, 2.24) is 5.43 Å². The average molecular weight is 176 g/mol. The molecule has 1 saturated carbocycles. The van der Waals surface area contributed by atoms with Crippen molar-refractivity contribution in [2.24, 2.45) is 11.0 Å². The smallest absolute Gasteiger partial charge is 0.242 e. The molecule has 0 unspecified atom stereocenters. The Balaban J connectivity index is 2.24. The first-order valence-electron chi connectivity index (χ1n) is 3.69. The van der Waals surface area contributed by atoms with Crippen molar-refractivity contribution in [3.63, 3.8) is 0 Å². The van der Waals surface area contributed by atoms with Gasteiger partial charge in [-0.1, -0.05) is 0 Å². The summed E-state index contributed by atoms with van der Waals surface area (Å²) in [7, 11) is 0. The van der Waals surface area contributed by atoms with Crippen LogP contribution in [0.3, 0.4) is 0 Å². The summed E-state index contributed by atoms with van der Waals surface area (Å²) >= 11 is 0. The van der Waals surface area contributed by atoms with Gasteiger partial charge in [0.25, 0.3) is 0 Å². The highest BCUT2D eigenvalue weighted by Gasteiger charge is 2.32. The number of nitrogens with zero attached hydrogens (tertiary/aromatic N) is 1. The molecule has 5 heteroatoms. The van der Waals surface area contributed by atoms with Crippen molar-refractivity contribution >= 4 is 11.6 Å². The molecule has 0 atom stereocenters. The molecule has 3 nitrogen and oxygen atoms in total. The summed E-state index contributed by atoms with van der Waals surface area (Å²) in [5.74, 6) is -0.833. The van der Waals surface area contributed by atoms with Crippen LogP contribution in [0.15, 0.2) is 5.10 Å². The highest BCUT2D eigenvalue weighted by molar-refractivity contribution is 5.91. The summed E-state index contributed by atoms with van der Waals surface area (Å²) in [6, 6.07) is 0. The molecule has 0 spiro atoms. The molecule has 1 fully saturated rings. The normalized spacial score (nSPS) is 22.0. The largest absolute Gasteiger partial charge is 0.274 e. The first-order chi connectivity index (χ1) is 5.59. The van der Waals surface area contributed by atoms with Gasteiger partial charge >= 0.3 is 0 Å². The minimum absolute atomic E-state index is 0.275. The summed E-state index contributed by atoms with van der Waals surface area (Å²) < 4.78 is 23.8. The number of hydrogen-bond acceptors (Lipinski definition) is 2. The topological polar surface area (TPSA) is 41.5 Å². The molecule has 0 aromatic rings. The van der Waals surface area contributed by atoms with Gasteiger partial charge in [-0.25, -0.2) is 14.2 Å². The number of carbonyl (C=O) groups is 1. The summed E-state index contributed by atoms with van der Waals surface area (Å²) in [4.78, 5) is 10.3. The second kappa shape index (κ2) is 3.60. The van der Waals surface area contributed by atoms with Crippen molar-refractivity contribution in [3.8, 4) is 0 Å². The zero-order chi connectivity index (χ0) is 9.14. The lowest BCUT2D eigenvalue weighted by atomic mass is 9.84. The van der Waals surface area contributed by atoms with E-state index in [9.17, 15) is 13.6 Å². The second-order valence-corrected chi connectivity index (χ2v) is 2.85. The van der Waals surface area contributed by atoms with Crippen molar-refractivity contribution in [3.05, 3.63) is 0 Å². The highest BCUT2D eigenvalue weighted by Crippen LogP contribution is 2.29. The van der Waals surface area contributed by atoms with Gasteiger partial charge in [0, 0.05) is 18.6 Å². The van der Waals surface area contributed by atoms with Crippen molar-refractivity contribution in [2.45, 2.75) is 26.2 Å². The molecular formula is C7H10F2N2O. The van der Waals surface area contributed by atoms with Crippen molar-refractivity contribution < 1.29 is 13.6 Å². The number of rotatable bonds is 2. The van der Waals surface area contributed by atoms with E-state index in [-0.39, 0.29) is 5.91 Å². The van der Waals surface area contributed by atoms with Gasteiger partial charge in [-0.2, -0.15) is 5.10 Å². The van der Waals surface area contributed by atoms with E-state index in [1.807, 2.05) is 0 Å². The van der Waals surface area contributed by atoms with Gasteiger partial charge in [-0.05, 0) is 12.8 Å². The number of hydrazone groups is 1. The number of carbonyl (C=O) groups excluding carboxylic acids is 1. The maximum atomic E-state index is 11.9. The fraction of sp³-hybridized carbons (Fsp3) is 0.714. The third kappa shape index (κ3) is 2.25. The molecule has 0 radical (unpaired) electrons. The number of alkyl halides is 2. The first-order valence-corrected chi connectivity index (χ1v) is 3.69. The number of halogens is 2. The van der Waals surface area contributed by atoms with Crippen LogP contribution < -0.4 is 5.43 Å². The molecule has 1 aliphatic rings. The summed E-state index contributed by atoms with van der Waals surface area (Å²) in [6.07, 6.45) is -1.66. The van der Waals surface area contributed by atoms with Gasteiger partial charge in [-0.3, -0.25) is 4.79 Å². The van der Waals surface area contributed by atoms with Crippen LogP contribution in [0.1, 0.15) is 19.8 Å². The molecule has 1 amide bonds. The molecule has 0 heterocycles. The van der Waals surface area contributed by atoms with E-state index in [2.05, 4.69) is 10.5 Å². The zero-order valence-electron chi connectivity index (χ0n) is 6.68. The van der Waals surface area contributed by atoms with E-state index < -0.39 is 12.3 Å². The van der Waals surface area contributed by atoms with Crippen LogP contribution in [-0.4, -0.2) is 18.0 Å². The lowest BCUT2D eigenvalue weighted by Crippen LogP contribution is -2.31. The van der Waals surface area contributed by atoms with Crippen molar-refractivity contribution in [2.75, 3.05) is 0 Å². The van der Waals surface area contributed by atoms with Gasteiger partial charge in [0.2, 0.25) is 12.3 Å². The van der Waals surface area contributed by atoms with Crippen LogP contribution in [0.2, 0.25) is 0 Å². The molecule has 1 N–H and O–H groups in total. The Morgan fingerprint density at radius 2 is 2.25 bits per heavy atom. The predicted octanol–water partition coefficient (Wildman–Crippen LogP) is 1.15. The second-order valence-electron chi connectivity index (χ2n) is 2.85.